The fourth-order valence-electron chi connectivity index (χ4n) is 3.50. The Labute approximate surface area is 142 Å². The molecule has 0 fully saturated rings. The third kappa shape index (κ3) is 3.12. The number of rotatable bonds is 5. The molecule has 24 heavy (non-hydrogen) atoms. The first-order valence-electron chi connectivity index (χ1n) is 8.47. The SMILES string of the molecule is CN(C)CCC1CN(Cc2ccc3c(c2)OCO3)Cc2ccnn21. The normalized spacial score (nSPS) is 19.7. The van der Waals surface area contributed by atoms with Gasteiger partial charge in [-0.15, -0.1) is 0 Å². The van der Waals surface area contributed by atoms with Crippen LogP contribution in [0.3, 0.4) is 0 Å². The van der Waals surface area contributed by atoms with Crippen LogP contribution < -0.4 is 9.47 Å². The number of hydrogen-bond acceptors (Lipinski definition) is 5. The highest BCUT2D eigenvalue weighted by Gasteiger charge is 2.26. The summed E-state index contributed by atoms with van der Waals surface area (Å²) in [5.41, 5.74) is 2.56. The zero-order chi connectivity index (χ0) is 16.5. The number of fused-ring (bicyclic) bond motifs is 2. The Morgan fingerprint density at radius 2 is 2.08 bits per heavy atom. The molecule has 2 aromatic rings. The molecule has 0 saturated heterocycles. The summed E-state index contributed by atoms with van der Waals surface area (Å²) in [4.78, 5) is 4.73. The first-order chi connectivity index (χ1) is 11.7. The topological polar surface area (TPSA) is 42.8 Å². The average Bonchev–Trinajstić information content (AvgIpc) is 3.20. The summed E-state index contributed by atoms with van der Waals surface area (Å²) < 4.78 is 13.1. The van der Waals surface area contributed by atoms with Gasteiger partial charge in [-0.3, -0.25) is 9.58 Å². The third-order valence-electron chi connectivity index (χ3n) is 4.71. The molecule has 3 heterocycles. The van der Waals surface area contributed by atoms with Crippen molar-refractivity contribution in [2.24, 2.45) is 0 Å². The van der Waals surface area contributed by atoms with Crippen LogP contribution in [0.5, 0.6) is 11.5 Å². The van der Waals surface area contributed by atoms with Crippen molar-refractivity contribution in [3.05, 3.63) is 41.7 Å². The highest BCUT2D eigenvalue weighted by molar-refractivity contribution is 5.44. The van der Waals surface area contributed by atoms with Crippen molar-refractivity contribution in [1.82, 2.24) is 19.6 Å². The Kier molecular flexibility index (Phi) is 4.16. The van der Waals surface area contributed by atoms with Crippen molar-refractivity contribution in [2.75, 3.05) is 34.0 Å². The first-order valence-corrected chi connectivity index (χ1v) is 8.47. The van der Waals surface area contributed by atoms with Gasteiger partial charge in [0.1, 0.15) is 0 Å². The van der Waals surface area contributed by atoms with Gasteiger partial charge in [0.05, 0.1) is 11.7 Å². The molecular formula is C18H24N4O2. The molecule has 4 rings (SSSR count). The van der Waals surface area contributed by atoms with Gasteiger partial charge in [-0.25, -0.2) is 0 Å². The highest BCUT2D eigenvalue weighted by Crippen LogP contribution is 2.33. The van der Waals surface area contributed by atoms with E-state index in [1.54, 1.807) is 0 Å². The lowest BCUT2D eigenvalue weighted by molar-refractivity contribution is 0.154. The third-order valence-corrected chi connectivity index (χ3v) is 4.71. The van der Waals surface area contributed by atoms with Gasteiger partial charge >= 0.3 is 0 Å². The molecule has 0 radical (unpaired) electrons. The predicted molar refractivity (Wildman–Crippen MR) is 91.1 cm³/mol. The lowest BCUT2D eigenvalue weighted by Crippen LogP contribution is -2.38. The molecule has 0 saturated carbocycles. The molecule has 1 atom stereocenters. The maximum Gasteiger partial charge on any atom is 0.231 e. The van der Waals surface area contributed by atoms with Crippen LogP contribution in [0.4, 0.5) is 0 Å². The summed E-state index contributed by atoms with van der Waals surface area (Å²) in [5.74, 6) is 1.71. The summed E-state index contributed by atoms with van der Waals surface area (Å²) in [5, 5.41) is 4.54. The van der Waals surface area contributed by atoms with E-state index in [0.717, 1.165) is 44.1 Å². The van der Waals surface area contributed by atoms with Gasteiger partial charge in [0.15, 0.2) is 11.5 Å². The lowest BCUT2D eigenvalue weighted by atomic mass is 10.1. The van der Waals surface area contributed by atoms with Crippen LogP contribution in [0.2, 0.25) is 0 Å². The highest BCUT2D eigenvalue weighted by atomic mass is 16.7. The molecule has 0 amide bonds. The number of aromatic nitrogens is 2. The molecule has 0 N–H and O–H groups in total. The summed E-state index contributed by atoms with van der Waals surface area (Å²) >= 11 is 0. The van der Waals surface area contributed by atoms with Gasteiger partial charge in [-0.05, 0) is 50.8 Å². The number of ether oxygens (including phenoxy) is 2. The van der Waals surface area contributed by atoms with Gasteiger partial charge in [0.25, 0.3) is 0 Å². The minimum atomic E-state index is 0.328. The van der Waals surface area contributed by atoms with E-state index < -0.39 is 0 Å². The van der Waals surface area contributed by atoms with Crippen molar-refractivity contribution >= 4 is 0 Å². The van der Waals surface area contributed by atoms with E-state index in [9.17, 15) is 0 Å². The monoisotopic (exact) mass is 328 g/mol. The molecule has 6 nitrogen and oxygen atoms in total. The van der Waals surface area contributed by atoms with E-state index in [-0.39, 0.29) is 0 Å². The van der Waals surface area contributed by atoms with Crippen molar-refractivity contribution in [3.63, 3.8) is 0 Å². The zero-order valence-corrected chi connectivity index (χ0v) is 14.3. The largest absolute Gasteiger partial charge is 0.454 e. The molecule has 1 aromatic heterocycles. The first kappa shape index (κ1) is 15.5. The molecule has 0 bridgehead atoms. The van der Waals surface area contributed by atoms with E-state index >= 15 is 0 Å². The lowest BCUT2D eigenvalue weighted by Gasteiger charge is -2.34. The van der Waals surface area contributed by atoms with Crippen LogP contribution in [0, 0.1) is 0 Å². The number of nitrogens with zero attached hydrogens (tertiary/aromatic N) is 4. The fourth-order valence-corrected chi connectivity index (χ4v) is 3.50. The maximum atomic E-state index is 5.50. The summed E-state index contributed by atoms with van der Waals surface area (Å²) in [6.45, 7) is 4.28. The van der Waals surface area contributed by atoms with Crippen LogP contribution in [0.15, 0.2) is 30.5 Å². The predicted octanol–water partition coefficient (Wildman–Crippen LogP) is 2.12. The Bertz CT molecular complexity index is 713. The fraction of sp³-hybridized carbons (Fsp3) is 0.500. The molecule has 1 unspecified atom stereocenters. The minimum Gasteiger partial charge on any atom is -0.454 e. The van der Waals surface area contributed by atoms with Crippen LogP contribution >= 0.6 is 0 Å². The Morgan fingerprint density at radius 1 is 1.21 bits per heavy atom. The van der Waals surface area contributed by atoms with Gasteiger partial charge in [-0.2, -0.15) is 5.10 Å². The van der Waals surface area contributed by atoms with Gasteiger partial charge < -0.3 is 14.4 Å². The van der Waals surface area contributed by atoms with E-state index in [1.807, 2.05) is 12.3 Å². The summed E-state index contributed by atoms with van der Waals surface area (Å²) in [6.07, 6.45) is 3.03. The zero-order valence-electron chi connectivity index (χ0n) is 14.3. The van der Waals surface area contributed by atoms with E-state index in [4.69, 9.17) is 9.47 Å². The number of hydrogen-bond donors (Lipinski definition) is 0. The minimum absolute atomic E-state index is 0.328. The van der Waals surface area contributed by atoms with Crippen LogP contribution in [0.25, 0.3) is 0 Å². The van der Waals surface area contributed by atoms with E-state index in [1.165, 1.54) is 11.3 Å². The smallest absolute Gasteiger partial charge is 0.231 e. The molecule has 0 aliphatic carbocycles. The molecule has 1 aromatic carbocycles. The quantitative estimate of drug-likeness (QED) is 0.841. The second kappa shape index (κ2) is 6.45. The Hall–Kier alpha value is -2.05. The molecule has 2 aliphatic rings. The average molecular weight is 328 g/mol. The second-order valence-electron chi connectivity index (χ2n) is 6.87. The van der Waals surface area contributed by atoms with E-state index in [0.29, 0.717) is 12.8 Å². The van der Waals surface area contributed by atoms with E-state index in [2.05, 4.69) is 51.9 Å². The summed E-state index contributed by atoms with van der Waals surface area (Å²) in [6, 6.07) is 8.81. The second-order valence-corrected chi connectivity index (χ2v) is 6.87. The number of benzene rings is 1. The molecular weight excluding hydrogens is 304 g/mol. The molecule has 128 valence electrons. The van der Waals surface area contributed by atoms with Crippen LogP contribution in [-0.2, 0) is 13.1 Å². The van der Waals surface area contributed by atoms with Crippen molar-refractivity contribution in [2.45, 2.75) is 25.6 Å². The van der Waals surface area contributed by atoms with Gasteiger partial charge in [-0.1, -0.05) is 6.07 Å². The van der Waals surface area contributed by atoms with Crippen molar-refractivity contribution in [3.8, 4) is 11.5 Å². The van der Waals surface area contributed by atoms with Gasteiger partial charge in [0, 0.05) is 25.8 Å². The van der Waals surface area contributed by atoms with Crippen LogP contribution in [-0.4, -0.2) is 53.6 Å². The van der Waals surface area contributed by atoms with Crippen LogP contribution in [0.1, 0.15) is 23.7 Å². The Balaban J connectivity index is 1.48. The molecule has 6 heteroatoms. The molecule has 2 aliphatic heterocycles. The standard InChI is InChI=1S/C18H24N4O2/c1-20(2)8-6-16-12-21(11-15-5-7-19-22(15)16)10-14-3-4-17-18(9-14)24-13-23-17/h3-5,7,9,16H,6,8,10-13H2,1-2H3. The maximum absolute atomic E-state index is 5.50. The van der Waals surface area contributed by atoms with Gasteiger partial charge in [0.2, 0.25) is 6.79 Å². The van der Waals surface area contributed by atoms with Crippen molar-refractivity contribution in [1.29, 1.82) is 0 Å². The van der Waals surface area contributed by atoms with Crippen molar-refractivity contribution < 1.29 is 9.47 Å². The summed E-state index contributed by atoms with van der Waals surface area (Å²) in [7, 11) is 4.24. The Morgan fingerprint density at radius 3 is 2.96 bits per heavy atom. The molecule has 0 spiro atoms.